The zero-order valence-corrected chi connectivity index (χ0v) is 12.7. The molecule has 0 aliphatic carbocycles. The molecule has 0 radical (unpaired) electrons. The van der Waals surface area contributed by atoms with Gasteiger partial charge in [-0.15, -0.1) is 0 Å². The molecule has 21 heavy (non-hydrogen) atoms. The summed E-state index contributed by atoms with van der Waals surface area (Å²) in [4.78, 5) is 5.01. The molecule has 2 rings (SSSR count). The number of hydrogen-bond donors (Lipinski definition) is 2. The normalized spacial score (nSPS) is 11.4. The van der Waals surface area contributed by atoms with Crippen molar-refractivity contribution in [3.8, 4) is 11.5 Å². The summed E-state index contributed by atoms with van der Waals surface area (Å²) in [7, 11) is 0. The van der Waals surface area contributed by atoms with Crippen molar-refractivity contribution >= 4 is 21.6 Å². The zero-order valence-electron chi connectivity index (χ0n) is 11.2. The maximum atomic E-state index is 11.9. The molecule has 0 saturated heterocycles. The minimum absolute atomic E-state index is 0.0451. The molecule has 1 heterocycles. The Kier molecular flexibility index (Phi) is 4.64. The van der Waals surface area contributed by atoms with E-state index in [0.717, 1.165) is 0 Å². The Bertz CT molecular complexity index is 668. The van der Waals surface area contributed by atoms with Crippen LogP contribution in [-0.2, 0) is 4.84 Å². The first kappa shape index (κ1) is 15.1. The molecule has 2 N–H and O–H groups in total. The number of aromatic nitrogens is 1. The summed E-state index contributed by atoms with van der Waals surface area (Å²) >= 11 is 3.29. The first-order chi connectivity index (χ1) is 10.0. The van der Waals surface area contributed by atoms with Crippen molar-refractivity contribution < 1.29 is 19.8 Å². The van der Waals surface area contributed by atoms with Crippen LogP contribution >= 0.6 is 15.9 Å². The summed E-state index contributed by atoms with van der Waals surface area (Å²) in [5.41, 5.74) is 0.215. The molecule has 0 aliphatic heterocycles. The van der Waals surface area contributed by atoms with Crippen LogP contribution in [0.5, 0.6) is 11.5 Å². The van der Waals surface area contributed by atoms with Crippen LogP contribution in [0.3, 0.4) is 0 Å². The van der Waals surface area contributed by atoms with Crippen molar-refractivity contribution in [2.24, 2.45) is 5.16 Å². The zero-order chi connectivity index (χ0) is 15.4. The lowest BCUT2D eigenvalue weighted by atomic mass is 10.1. The van der Waals surface area contributed by atoms with Gasteiger partial charge in [0.05, 0.1) is 5.56 Å². The summed E-state index contributed by atoms with van der Waals surface area (Å²) in [5, 5.41) is 35.7. The maximum absolute atomic E-state index is 11.9. The minimum atomic E-state index is -0.259. The Morgan fingerprint density at radius 3 is 2.76 bits per heavy atom. The summed E-state index contributed by atoms with van der Waals surface area (Å²) in [5.74, 6) is -0.342. The average Bonchev–Trinajstić information content (AvgIpc) is 2.45. The Hall–Kier alpha value is -2.28. The van der Waals surface area contributed by atoms with E-state index in [0.29, 0.717) is 9.20 Å². The fourth-order valence-electron chi connectivity index (χ4n) is 1.75. The molecule has 2 aromatic rings. The monoisotopic (exact) mass is 352 g/mol. The molecule has 0 saturated carbocycles. The van der Waals surface area contributed by atoms with Crippen LogP contribution in [0.1, 0.15) is 18.2 Å². The highest BCUT2D eigenvalue weighted by atomic mass is 79.9. The highest BCUT2D eigenvalue weighted by Crippen LogP contribution is 2.27. The molecule has 6 nitrogen and oxygen atoms in total. The lowest BCUT2D eigenvalue weighted by molar-refractivity contribution is -0.607. The molecular formula is C14H13BrN2O4. The number of phenolic OH excluding ortho intramolecular Hbond substituents is 1. The number of hydrogen-bond acceptors (Lipinski definition) is 5. The second-order valence-electron chi connectivity index (χ2n) is 4.09. The van der Waals surface area contributed by atoms with Gasteiger partial charge >= 0.3 is 0 Å². The van der Waals surface area contributed by atoms with E-state index in [9.17, 15) is 15.4 Å². The van der Waals surface area contributed by atoms with Gasteiger partial charge in [-0.3, -0.25) is 0 Å². The molecular weight excluding hydrogens is 340 g/mol. The summed E-state index contributed by atoms with van der Waals surface area (Å²) in [6, 6.07) is 7.45. The van der Waals surface area contributed by atoms with Gasteiger partial charge in [0.1, 0.15) is 12.4 Å². The number of rotatable bonds is 4. The van der Waals surface area contributed by atoms with Crippen molar-refractivity contribution in [3.63, 3.8) is 0 Å². The van der Waals surface area contributed by atoms with Crippen molar-refractivity contribution in [1.82, 2.24) is 0 Å². The van der Waals surface area contributed by atoms with Crippen LogP contribution < -0.4 is 4.73 Å². The number of phenols is 1. The minimum Gasteiger partial charge on any atom is -0.618 e. The smallest absolute Gasteiger partial charge is 0.288 e. The SMILES string of the molecule is CCO/N=C(/c1cc(Br)ccc1O)c1c(O)ccc[n+]1[O-]. The van der Waals surface area contributed by atoms with Crippen LogP contribution in [0, 0.1) is 5.21 Å². The van der Waals surface area contributed by atoms with Gasteiger partial charge < -0.3 is 20.3 Å². The second kappa shape index (κ2) is 6.45. The highest BCUT2D eigenvalue weighted by molar-refractivity contribution is 9.10. The summed E-state index contributed by atoms with van der Waals surface area (Å²) in [6.45, 7) is 2.02. The number of benzene rings is 1. The number of aromatic hydroxyl groups is 2. The molecule has 0 bridgehead atoms. The highest BCUT2D eigenvalue weighted by Gasteiger charge is 2.24. The topological polar surface area (TPSA) is 89.0 Å². The van der Waals surface area contributed by atoms with E-state index in [-0.39, 0.29) is 35.1 Å². The van der Waals surface area contributed by atoms with E-state index in [4.69, 9.17) is 4.84 Å². The van der Waals surface area contributed by atoms with E-state index in [2.05, 4.69) is 21.1 Å². The molecule has 0 unspecified atom stereocenters. The molecule has 7 heteroatoms. The number of pyridine rings is 1. The van der Waals surface area contributed by atoms with Gasteiger partial charge in [0.15, 0.2) is 17.7 Å². The van der Waals surface area contributed by atoms with Crippen LogP contribution in [0.2, 0.25) is 0 Å². The number of halogens is 1. The van der Waals surface area contributed by atoms with Crippen molar-refractivity contribution in [3.05, 3.63) is 57.5 Å². The van der Waals surface area contributed by atoms with E-state index in [1.807, 2.05) is 0 Å². The fourth-order valence-corrected chi connectivity index (χ4v) is 2.11. The Morgan fingerprint density at radius 1 is 1.33 bits per heavy atom. The van der Waals surface area contributed by atoms with Crippen LogP contribution in [-0.4, -0.2) is 22.5 Å². The third-order valence-electron chi connectivity index (χ3n) is 2.66. The fraction of sp³-hybridized carbons (Fsp3) is 0.143. The largest absolute Gasteiger partial charge is 0.618 e. The Labute approximate surface area is 129 Å². The lowest BCUT2D eigenvalue weighted by Gasteiger charge is -2.10. The standard InChI is InChI=1S/C14H13BrN2O4/c1-2-21-16-13(10-8-9(15)5-6-11(10)18)14-12(19)4-3-7-17(14)20/h3-8,18-19H,2H2,1H3/b16-13-. The van der Waals surface area contributed by atoms with Gasteiger partial charge in [-0.05, 0) is 31.2 Å². The quantitative estimate of drug-likeness (QED) is 0.382. The van der Waals surface area contributed by atoms with E-state index in [1.165, 1.54) is 24.4 Å². The maximum Gasteiger partial charge on any atom is 0.288 e. The molecule has 0 atom stereocenters. The van der Waals surface area contributed by atoms with Crippen LogP contribution in [0.15, 0.2) is 46.2 Å². The first-order valence-electron chi connectivity index (χ1n) is 6.15. The van der Waals surface area contributed by atoms with Gasteiger partial charge in [0.2, 0.25) is 0 Å². The summed E-state index contributed by atoms with van der Waals surface area (Å²) < 4.78 is 1.15. The second-order valence-corrected chi connectivity index (χ2v) is 5.00. The first-order valence-corrected chi connectivity index (χ1v) is 6.94. The van der Waals surface area contributed by atoms with E-state index >= 15 is 0 Å². The third kappa shape index (κ3) is 3.25. The van der Waals surface area contributed by atoms with E-state index < -0.39 is 0 Å². The van der Waals surface area contributed by atoms with Crippen molar-refractivity contribution in [2.75, 3.05) is 6.61 Å². The van der Waals surface area contributed by atoms with Crippen LogP contribution in [0.4, 0.5) is 0 Å². The molecule has 0 aliphatic rings. The van der Waals surface area contributed by atoms with Gasteiger partial charge in [0, 0.05) is 10.5 Å². The molecule has 0 fully saturated rings. The molecule has 1 aromatic heterocycles. The predicted octanol–water partition coefficient (Wildman–Crippen LogP) is 2.28. The predicted molar refractivity (Wildman–Crippen MR) is 80.1 cm³/mol. The van der Waals surface area contributed by atoms with Crippen LogP contribution in [0.25, 0.3) is 0 Å². The van der Waals surface area contributed by atoms with Crippen molar-refractivity contribution in [1.29, 1.82) is 0 Å². The molecule has 0 amide bonds. The molecule has 0 spiro atoms. The van der Waals surface area contributed by atoms with Gasteiger partial charge in [0.25, 0.3) is 5.69 Å². The third-order valence-corrected chi connectivity index (χ3v) is 3.15. The Balaban J connectivity index is 2.67. The van der Waals surface area contributed by atoms with Gasteiger partial charge in [-0.1, -0.05) is 21.1 Å². The average molecular weight is 353 g/mol. The van der Waals surface area contributed by atoms with Gasteiger partial charge in [-0.2, -0.15) is 4.73 Å². The van der Waals surface area contributed by atoms with Gasteiger partial charge in [-0.25, -0.2) is 0 Å². The molecule has 110 valence electrons. The van der Waals surface area contributed by atoms with Crippen molar-refractivity contribution in [2.45, 2.75) is 6.92 Å². The number of oxime groups is 1. The Morgan fingerprint density at radius 2 is 2.10 bits per heavy atom. The number of nitrogens with zero attached hydrogens (tertiary/aromatic N) is 2. The molecule has 1 aromatic carbocycles. The summed E-state index contributed by atoms with van der Waals surface area (Å²) in [6.07, 6.45) is 1.23. The lowest BCUT2D eigenvalue weighted by Crippen LogP contribution is -2.34. The van der Waals surface area contributed by atoms with E-state index in [1.54, 1.807) is 19.1 Å².